The maximum atomic E-state index is 9.15. The number of aliphatic hydroxyl groups excluding tert-OH is 6. The third kappa shape index (κ3) is 44.0. The Bertz CT molecular complexity index is 428. The summed E-state index contributed by atoms with van der Waals surface area (Å²) in [5.41, 5.74) is 0. The fourth-order valence-corrected chi connectivity index (χ4v) is 5.35. The summed E-state index contributed by atoms with van der Waals surface area (Å²) in [5, 5.41) is 56.3. The van der Waals surface area contributed by atoms with Crippen LogP contribution in [0, 0.1) is 17.8 Å². The van der Waals surface area contributed by atoms with E-state index in [2.05, 4.69) is 46.9 Å². The third-order valence-corrected chi connectivity index (χ3v) is 8.73. The minimum Gasteiger partial charge on any atom is -0.394 e. The van der Waals surface area contributed by atoms with Crippen molar-refractivity contribution in [3.8, 4) is 0 Å². The molecule has 0 amide bonds. The van der Waals surface area contributed by atoms with Crippen LogP contribution in [-0.2, 0) is 4.74 Å². The molecule has 0 heterocycles. The minimum atomic E-state index is -0.723. The van der Waals surface area contributed by atoms with Crippen molar-refractivity contribution in [3.63, 3.8) is 0 Å². The lowest BCUT2D eigenvalue weighted by Crippen LogP contribution is -2.32. The van der Waals surface area contributed by atoms with Crippen molar-refractivity contribution in [1.82, 2.24) is 5.32 Å². The molecule has 0 aliphatic heterocycles. The number of aliphatic hydroxyl groups is 6. The monoisotopic (exact) mass is 676 g/mol. The van der Waals surface area contributed by atoms with E-state index in [1.165, 1.54) is 70.6 Å². The van der Waals surface area contributed by atoms with Gasteiger partial charge in [-0.1, -0.05) is 122 Å². The van der Waals surface area contributed by atoms with Gasteiger partial charge in [0.2, 0.25) is 0 Å². The number of thioether (sulfide) groups is 1. The van der Waals surface area contributed by atoms with Gasteiger partial charge in [-0.3, -0.25) is 0 Å². The summed E-state index contributed by atoms with van der Waals surface area (Å²) < 4.78 is 5.33. The second kappa shape index (κ2) is 46.2. The van der Waals surface area contributed by atoms with E-state index in [1.807, 2.05) is 0 Å². The molecule has 0 radical (unpaired) electrons. The van der Waals surface area contributed by atoms with Crippen molar-refractivity contribution in [2.75, 3.05) is 57.6 Å². The lowest BCUT2D eigenvalue weighted by Gasteiger charge is -2.16. The van der Waals surface area contributed by atoms with Crippen molar-refractivity contribution in [2.45, 2.75) is 159 Å². The standard InChI is InChI=1S/C11H25NO2.C11H24O3.C11H24O2S.3CH4/c1-3-5-6-10(4-2)7-12-8-11(14)9-13;2*1-3-5-6-10(4-2)8-14-9-11(13)7-12;;;/h10-14H,3-9H2,1-2H3;2*10-13H,3-9H2,1-2H3;3*1H4. The van der Waals surface area contributed by atoms with Gasteiger partial charge in [0, 0.05) is 18.9 Å². The highest BCUT2D eigenvalue weighted by molar-refractivity contribution is 7.99. The number of hydrogen-bond acceptors (Lipinski definition) is 9. The van der Waals surface area contributed by atoms with Gasteiger partial charge < -0.3 is 40.7 Å². The van der Waals surface area contributed by atoms with Gasteiger partial charge in [-0.15, -0.1) is 0 Å². The molecule has 0 aliphatic rings. The fourth-order valence-electron chi connectivity index (χ4n) is 4.11. The lowest BCUT2D eigenvalue weighted by atomic mass is 9.99. The van der Waals surface area contributed by atoms with Gasteiger partial charge in [-0.05, 0) is 49.3 Å². The molecule has 0 fully saturated rings. The van der Waals surface area contributed by atoms with E-state index >= 15 is 0 Å². The first-order valence-electron chi connectivity index (χ1n) is 17.0. The highest BCUT2D eigenvalue weighted by atomic mass is 32.2. The second-order valence-corrected chi connectivity index (χ2v) is 12.6. The molecule has 0 aromatic rings. The number of rotatable bonds is 27. The van der Waals surface area contributed by atoms with Gasteiger partial charge in [0.25, 0.3) is 0 Å². The first kappa shape index (κ1) is 57.3. The number of nitrogens with one attached hydrogen (secondary N) is 1. The highest BCUT2D eigenvalue weighted by Crippen LogP contribution is 2.19. The molecule has 282 valence electrons. The Balaban J connectivity index is -0.000000123. The summed E-state index contributed by atoms with van der Waals surface area (Å²) in [5.74, 6) is 3.87. The van der Waals surface area contributed by atoms with Crippen molar-refractivity contribution in [2.24, 2.45) is 17.8 Å². The van der Waals surface area contributed by atoms with E-state index in [9.17, 15) is 0 Å². The molecule has 6 unspecified atom stereocenters. The third-order valence-electron chi connectivity index (χ3n) is 7.40. The van der Waals surface area contributed by atoms with Crippen LogP contribution in [0.5, 0.6) is 0 Å². The molecule has 0 spiro atoms. The van der Waals surface area contributed by atoms with Crippen molar-refractivity contribution in [3.05, 3.63) is 0 Å². The lowest BCUT2D eigenvalue weighted by molar-refractivity contribution is -0.00599. The van der Waals surface area contributed by atoms with Gasteiger partial charge in [-0.2, -0.15) is 11.8 Å². The zero-order valence-corrected chi connectivity index (χ0v) is 29.1. The van der Waals surface area contributed by atoms with Crippen LogP contribution in [0.25, 0.3) is 0 Å². The van der Waals surface area contributed by atoms with Crippen LogP contribution in [-0.4, -0.2) is 107 Å². The van der Waals surface area contributed by atoms with Crippen molar-refractivity contribution < 1.29 is 35.4 Å². The molecule has 0 aromatic carbocycles. The predicted molar refractivity (Wildman–Crippen MR) is 200 cm³/mol. The summed E-state index contributed by atoms with van der Waals surface area (Å²) in [6.45, 7) is 15.1. The normalized spacial score (nSPS) is 14.4. The van der Waals surface area contributed by atoms with E-state index in [-0.39, 0.29) is 48.7 Å². The molecule has 0 saturated heterocycles. The summed E-state index contributed by atoms with van der Waals surface area (Å²) in [7, 11) is 0. The molecule has 0 bridgehead atoms. The van der Waals surface area contributed by atoms with Crippen LogP contribution in [0.2, 0.25) is 0 Å². The first-order chi connectivity index (χ1) is 20.2. The topological polar surface area (TPSA) is 143 Å². The van der Waals surface area contributed by atoms with Crippen LogP contribution >= 0.6 is 11.8 Å². The molecule has 45 heavy (non-hydrogen) atoms. The van der Waals surface area contributed by atoms with E-state index in [1.54, 1.807) is 11.8 Å². The zero-order chi connectivity index (χ0) is 32.4. The van der Waals surface area contributed by atoms with Crippen molar-refractivity contribution in [1.29, 1.82) is 0 Å². The van der Waals surface area contributed by atoms with E-state index in [0.29, 0.717) is 30.7 Å². The van der Waals surface area contributed by atoms with Gasteiger partial charge in [0.15, 0.2) is 0 Å². The second-order valence-electron chi connectivity index (χ2n) is 11.5. The van der Waals surface area contributed by atoms with Gasteiger partial charge in [-0.25, -0.2) is 0 Å². The van der Waals surface area contributed by atoms with E-state index in [0.717, 1.165) is 24.6 Å². The quantitative estimate of drug-likeness (QED) is 0.0494. The van der Waals surface area contributed by atoms with Crippen LogP contribution in [0.1, 0.15) is 141 Å². The summed E-state index contributed by atoms with van der Waals surface area (Å²) >= 11 is 1.76. The largest absolute Gasteiger partial charge is 0.394 e. The van der Waals surface area contributed by atoms with Crippen molar-refractivity contribution >= 4 is 11.8 Å². The average Bonchev–Trinajstić information content (AvgIpc) is 3.02. The summed E-state index contributed by atoms with van der Waals surface area (Å²) in [6.07, 6.45) is 13.0. The number of unbranched alkanes of at least 4 members (excludes halogenated alkanes) is 3. The van der Waals surface area contributed by atoms with Crippen LogP contribution in [0.15, 0.2) is 0 Å². The number of hydrogen-bond donors (Lipinski definition) is 7. The van der Waals surface area contributed by atoms with Gasteiger partial charge in [0.05, 0.1) is 38.6 Å². The van der Waals surface area contributed by atoms with Crippen LogP contribution < -0.4 is 5.32 Å². The smallest absolute Gasteiger partial charge is 0.100 e. The molecule has 7 N–H and O–H groups in total. The maximum absolute atomic E-state index is 9.15. The van der Waals surface area contributed by atoms with E-state index in [4.69, 9.17) is 35.4 Å². The SMILES string of the molecule is C.C.C.CCCCC(CC)CNCC(O)CO.CCCCC(CC)COCC(O)CO.CCCCC(CC)CSCC(O)CO. The van der Waals surface area contributed by atoms with Crippen LogP contribution in [0.4, 0.5) is 0 Å². The Hall–Kier alpha value is 0.0300. The van der Waals surface area contributed by atoms with E-state index < -0.39 is 18.3 Å². The Morgan fingerprint density at radius 2 is 0.978 bits per heavy atom. The molecule has 8 nitrogen and oxygen atoms in total. The maximum Gasteiger partial charge on any atom is 0.100 e. The molecule has 9 heteroatoms. The molecule has 0 aromatic heterocycles. The Morgan fingerprint density at radius 1 is 0.533 bits per heavy atom. The Kier molecular flexibility index (Phi) is 58.8. The first-order valence-corrected chi connectivity index (χ1v) is 18.1. The minimum absolute atomic E-state index is 0. The van der Waals surface area contributed by atoms with Gasteiger partial charge >= 0.3 is 0 Å². The predicted octanol–water partition coefficient (Wildman–Crippen LogP) is 6.92. The number of ether oxygens (including phenoxy) is 1. The zero-order valence-electron chi connectivity index (χ0n) is 28.3. The molecular weight excluding hydrogens is 590 g/mol. The average molecular weight is 676 g/mol. The summed E-state index contributed by atoms with van der Waals surface area (Å²) in [4.78, 5) is 0. The Morgan fingerprint density at radius 3 is 1.40 bits per heavy atom. The summed E-state index contributed by atoms with van der Waals surface area (Å²) in [6, 6.07) is 0. The Labute approximate surface area is 286 Å². The highest BCUT2D eigenvalue weighted by Gasteiger charge is 2.09. The molecular formula is C36H85NO7S. The molecule has 0 saturated carbocycles. The molecule has 6 atom stereocenters. The van der Waals surface area contributed by atoms with Gasteiger partial charge in [0.1, 0.15) is 6.10 Å². The fraction of sp³-hybridized carbons (Fsp3) is 1.00. The van der Waals surface area contributed by atoms with Crippen LogP contribution in [0.3, 0.4) is 0 Å². The molecule has 0 rings (SSSR count). The molecule has 0 aliphatic carbocycles.